The van der Waals surface area contributed by atoms with E-state index in [4.69, 9.17) is 0 Å². The number of pyridine rings is 1. The van der Waals surface area contributed by atoms with E-state index in [1.807, 2.05) is 23.3 Å². The van der Waals surface area contributed by atoms with Gasteiger partial charge in [-0.25, -0.2) is 0 Å². The van der Waals surface area contributed by atoms with Crippen molar-refractivity contribution in [2.75, 3.05) is 11.9 Å². The molecule has 1 atom stereocenters. The van der Waals surface area contributed by atoms with Gasteiger partial charge in [-0.1, -0.05) is 12.2 Å². The van der Waals surface area contributed by atoms with Crippen LogP contribution in [0.1, 0.15) is 25.7 Å². The van der Waals surface area contributed by atoms with Crippen LogP contribution in [-0.4, -0.2) is 39.2 Å². The maximum atomic E-state index is 12.5. The molecule has 6 nitrogen and oxygen atoms in total. The maximum absolute atomic E-state index is 12.5. The maximum Gasteiger partial charge on any atom is 0.243 e. The summed E-state index contributed by atoms with van der Waals surface area (Å²) in [5, 5.41) is 2.88. The average molecular weight is 336 g/mol. The molecule has 2 aliphatic heterocycles. The van der Waals surface area contributed by atoms with Crippen LogP contribution >= 0.6 is 0 Å². The molecule has 1 N–H and O–H groups in total. The van der Waals surface area contributed by atoms with Crippen LogP contribution in [0.3, 0.4) is 0 Å². The molecule has 128 valence electrons. The number of Topliss-reactive ketones (excluding diaryl/α,β-unsaturated/α-hetero) is 1. The first kappa shape index (κ1) is 15.6. The minimum absolute atomic E-state index is 0.00904. The molecule has 3 heterocycles. The Balaban J connectivity index is 1.59. The molecule has 1 amide bonds. The second-order valence-corrected chi connectivity index (χ2v) is 6.38. The second-order valence-electron chi connectivity index (χ2n) is 6.38. The highest BCUT2D eigenvalue weighted by Gasteiger charge is 2.41. The third-order valence-electron chi connectivity index (χ3n) is 4.75. The van der Waals surface area contributed by atoms with E-state index in [9.17, 15) is 9.59 Å². The summed E-state index contributed by atoms with van der Waals surface area (Å²) < 4.78 is 0. The van der Waals surface area contributed by atoms with E-state index in [1.165, 1.54) is 0 Å². The quantitative estimate of drug-likeness (QED) is 0.918. The van der Waals surface area contributed by atoms with Crippen LogP contribution in [-0.2, 0) is 9.59 Å². The molecule has 0 radical (unpaired) electrons. The molecule has 1 unspecified atom stereocenters. The number of hydrogen-bond acceptors (Lipinski definition) is 5. The molecule has 1 aromatic heterocycles. The number of hydrogen-bond donors (Lipinski definition) is 1. The third kappa shape index (κ3) is 2.95. The standard InChI is InChI=1S/C19H20N4O2/c24-16-6-4-5-15-19(16)23(18-7-2-1-3-12-22(15)18)13-17(25)21-14-8-10-20-11-9-14/h1-3,8-12,18H,4-7,13H2,(H,20,21,25). The summed E-state index contributed by atoms with van der Waals surface area (Å²) in [5.41, 5.74) is 2.49. The van der Waals surface area contributed by atoms with Crippen molar-refractivity contribution >= 4 is 17.4 Å². The van der Waals surface area contributed by atoms with Gasteiger partial charge >= 0.3 is 0 Å². The van der Waals surface area contributed by atoms with E-state index in [-0.39, 0.29) is 24.4 Å². The lowest BCUT2D eigenvalue weighted by atomic mass is 10.00. The molecule has 0 spiro atoms. The van der Waals surface area contributed by atoms with Crippen LogP contribution in [0.25, 0.3) is 0 Å². The van der Waals surface area contributed by atoms with E-state index >= 15 is 0 Å². The van der Waals surface area contributed by atoms with E-state index in [0.29, 0.717) is 12.1 Å². The number of carbonyl (C=O) groups excluding carboxylic acids is 2. The van der Waals surface area contributed by atoms with E-state index < -0.39 is 0 Å². The molecule has 1 aliphatic carbocycles. The van der Waals surface area contributed by atoms with Crippen LogP contribution < -0.4 is 5.32 Å². The summed E-state index contributed by atoms with van der Waals surface area (Å²) in [4.78, 5) is 33.2. The Hall–Kier alpha value is -2.89. The zero-order chi connectivity index (χ0) is 17.2. The zero-order valence-corrected chi connectivity index (χ0v) is 13.9. The lowest BCUT2D eigenvalue weighted by Gasteiger charge is -2.31. The predicted octanol–water partition coefficient (Wildman–Crippen LogP) is 2.40. The van der Waals surface area contributed by atoms with Gasteiger partial charge in [-0.05, 0) is 31.1 Å². The summed E-state index contributed by atoms with van der Waals surface area (Å²) >= 11 is 0. The topological polar surface area (TPSA) is 65.5 Å². The molecule has 0 saturated carbocycles. The fourth-order valence-electron chi connectivity index (χ4n) is 3.70. The van der Waals surface area contributed by atoms with Gasteiger partial charge in [0.05, 0.1) is 6.54 Å². The molecule has 25 heavy (non-hydrogen) atoms. The molecule has 6 heteroatoms. The molecular formula is C19H20N4O2. The van der Waals surface area contributed by atoms with Crippen LogP contribution in [0, 0.1) is 0 Å². The Morgan fingerprint density at radius 1 is 1.24 bits per heavy atom. The van der Waals surface area contributed by atoms with Crippen molar-refractivity contribution in [1.82, 2.24) is 14.8 Å². The van der Waals surface area contributed by atoms with Crippen LogP contribution in [0.4, 0.5) is 5.69 Å². The van der Waals surface area contributed by atoms with Gasteiger partial charge in [-0.15, -0.1) is 0 Å². The number of anilines is 1. The number of aromatic nitrogens is 1. The van der Waals surface area contributed by atoms with Gasteiger partial charge in [0.25, 0.3) is 0 Å². The van der Waals surface area contributed by atoms with Crippen LogP contribution in [0.15, 0.2) is 60.3 Å². The van der Waals surface area contributed by atoms with Gasteiger partial charge in [-0.2, -0.15) is 0 Å². The Morgan fingerprint density at radius 3 is 2.92 bits per heavy atom. The highest BCUT2D eigenvalue weighted by molar-refractivity contribution is 5.98. The van der Waals surface area contributed by atoms with Crippen LogP contribution in [0.5, 0.6) is 0 Å². The molecule has 0 bridgehead atoms. The van der Waals surface area contributed by atoms with Crippen molar-refractivity contribution in [3.63, 3.8) is 0 Å². The fourth-order valence-corrected chi connectivity index (χ4v) is 3.70. The fraction of sp³-hybridized carbons (Fsp3) is 0.316. The third-order valence-corrected chi connectivity index (χ3v) is 4.75. The van der Waals surface area contributed by atoms with Gasteiger partial charge in [0.1, 0.15) is 11.9 Å². The van der Waals surface area contributed by atoms with Crippen molar-refractivity contribution in [2.24, 2.45) is 0 Å². The Morgan fingerprint density at radius 2 is 2.08 bits per heavy atom. The predicted molar refractivity (Wildman–Crippen MR) is 94.0 cm³/mol. The van der Waals surface area contributed by atoms with Crippen LogP contribution in [0.2, 0.25) is 0 Å². The number of allylic oxidation sites excluding steroid dienone is 4. The van der Waals surface area contributed by atoms with E-state index in [2.05, 4.69) is 21.3 Å². The Kier molecular flexibility index (Phi) is 4.09. The highest BCUT2D eigenvalue weighted by Crippen LogP contribution is 2.39. The zero-order valence-electron chi connectivity index (χ0n) is 13.9. The summed E-state index contributed by atoms with van der Waals surface area (Å²) in [7, 11) is 0. The molecule has 0 fully saturated rings. The normalized spacial score (nSPS) is 21.9. The number of amides is 1. The molecule has 3 aliphatic rings. The summed E-state index contributed by atoms with van der Waals surface area (Å²) in [6, 6.07) is 3.50. The molecule has 0 saturated heterocycles. The summed E-state index contributed by atoms with van der Waals surface area (Å²) in [6.07, 6.45) is 14.5. The van der Waals surface area contributed by atoms with Crippen molar-refractivity contribution in [2.45, 2.75) is 31.8 Å². The van der Waals surface area contributed by atoms with Gasteiger partial charge in [0.2, 0.25) is 5.91 Å². The first-order chi connectivity index (χ1) is 12.2. The number of nitrogens with zero attached hydrogens (tertiary/aromatic N) is 3. The lowest BCUT2D eigenvalue weighted by molar-refractivity contribution is -0.119. The monoisotopic (exact) mass is 336 g/mol. The lowest BCUT2D eigenvalue weighted by Crippen LogP contribution is -2.42. The van der Waals surface area contributed by atoms with Gasteiger partial charge < -0.3 is 15.1 Å². The largest absolute Gasteiger partial charge is 0.337 e. The average Bonchev–Trinajstić information content (AvgIpc) is 2.76. The van der Waals surface area contributed by atoms with E-state index in [1.54, 1.807) is 24.5 Å². The number of ketones is 1. The second kappa shape index (κ2) is 6.55. The van der Waals surface area contributed by atoms with Gasteiger partial charge in [0.15, 0.2) is 5.78 Å². The Labute approximate surface area is 146 Å². The SMILES string of the molecule is O=C(CN1C2=C(CCCC2=O)N2C=CC=CCC21)Nc1ccncc1. The summed E-state index contributed by atoms with van der Waals surface area (Å²) in [5.74, 6) is 0.0129. The van der Waals surface area contributed by atoms with Gasteiger partial charge in [0, 0.05) is 42.8 Å². The van der Waals surface area contributed by atoms with Crippen molar-refractivity contribution < 1.29 is 9.59 Å². The smallest absolute Gasteiger partial charge is 0.243 e. The molecule has 1 aromatic rings. The first-order valence-corrected chi connectivity index (χ1v) is 8.58. The summed E-state index contributed by atoms with van der Waals surface area (Å²) in [6.45, 7) is 0.162. The van der Waals surface area contributed by atoms with Gasteiger partial charge in [-0.3, -0.25) is 14.6 Å². The van der Waals surface area contributed by atoms with Crippen molar-refractivity contribution in [3.8, 4) is 0 Å². The molecule has 0 aromatic carbocycles. The minimum Gasteiger partial charge on any atom is -0.337 e. The van der Waals surface area contributed by atoms with Crippen molar-refractivity contribution in [1.29, 1.82) is 0 Å². The number of fused-ring (bicyclic) bond motifs is 2. The number of rotatable bonds is 3. The van der Waals surface area contributed by atoms with Crippen molar-refractivity contribution in [3.05, 3.63) is 60.3 Å². The number of nitrogens with one attached hydrogen (secondary N) is 1. The Bertz CT molecular complexity index is 782. The molecular weight excluding hydrogens is 316 g/mol. The van der Waals surface area contributed by atoms with E-state index in [0.717, 1.165) is 30.7 Å². The highest BCUT2D eigenvalue weighted by atomic mass is 16.2. The number of carbonyl (C=O) groups is 2. The molecule has 4 rings (SSSR count). The minimum atomic E-state index is -0.129. The first-order valence-electron chi connectivity index (χ1n) is 8.58.